The summed E-state index contributed by atoms with van der Waals surface area (Å²) in [5, 5.41) is 0. The van der Waals surface area contributed by atoms with E-state index in [0.717, 1.165) is 0 Å². The first-order chi connectivity index (χ1) is 6.20. The number of rotatable bonds is 3. The highest BCUT2D eigenvalue weighted by atomic mass is 16.6. The molecular weight excluding hydrogens is 170 g/mol. The van der Waals surface area contributed by atoms with E-state index in [-0.39, 0.29) is 5.78 Å². The molecule has 0 aromatic heterocycles. The van der Waals surface area contributed by atoms with E-state index in [9.17, 15) is 4.79 Å². The Morgan fingerprint density at radius 3 is 2.77 bits per heavy atom. The number of ketones is 1. The van der Waals surface area contributed by atoms with E-state index in [0.29, 0.717) is 19.8 Å². The van der Waals surface area contributed by atoms with Gasteiger partial charge < -0.3 is 14.4 Å². The van der Waals surface area contributed by atoms with Crippen LogP contribution < -0.4 is 0 Å². The van der Waals surface area contributed by atoms with Crippen molar-refractivity contribution in [3.63, 3.8) is 0 Å². The molecule has 74 valence electrons. The Bertz CT molecular complexity index is 195. The van der Waals surface area contributed by atoms with Crippen LogP contribution in [-0.4, -0.2) is 50.7 Å². The molecule has 0 spiro atoms. The van der Waals surface area contributed by atoms with Crippen molar-refractivity contribution in [2.24, 2.45) is 0 Å². The van der Waals surface area contributed by atoms with Gasteiger partial charge in [-0.3, -0.25) is 4.79 Å². The lowest BCUT2D eigenvalue weighted by Crippen LogP contribution is -2.34. The van der Waals surface area contributed by atoms with Crippen molar-refractivity contribution in [2.45, 2.75) is 6.10 Å². The van der Waals surface area contributed by atoms with Crippen LogP contribution >= 0.6 is 0 Å². The number of hydrogen-bond donors (Lipinski definition) is 0. The summed E-state index contributed by atoms with van der Waals surface area (Å²) in [5.41, 5.74) is 0. The lowest BCUT2D eigenvalue weighted by Gasteiger charge is -2.20. The standard InChI is InChI=1S/C9H15NO3/c1-10(2)4-3-8(11)9-7-12-5-6-13-9/h3-4,9H,5-7H2,1-2H3/b4-3+. The normalized spacial score (nSPS) is 23.4. The van der Waals surface area contributed by atoms with Gasteiger partial charge in [0, 0.05) is 20.3 Å². The fourth-order valence-corrected chi connectivity index (χ4v) is 0.982. The van der Waals surface area contributed by atoms with E-state index in [1.165, 1.54) is 6.08 Å². The molecule has 0 N–H and O–H groups in total. The maximum absolute atomic E-state index is 11.4. The van der Waals surface area contributed by atoms with Crippen LogP contribution in [0.5, 0.6) is 0 Å². The van der Waals surface area contributed by atoms with Crippen LogP contribution in [0.4, 0.5) is 0 Å². The van der Waals surface area contributed by atoms with E-state index in [4.69, 9.17) is 9.47 Å². The van der Waals surface area contributed by atoms with Crippen LogP contribution in [0.3, 0.4) is 0 Å². The third-order valence-electron chi connectivity index (χ3n) is 1.67. The molecule has 0 bridgehead atoms. The first-order valence-corrected chi connectivity index (χ1v) is 4.28. The zero-order valence-corrected chi connectivity index (χ0v) is 8.03. The largest absolute Gasteiger partial charge is 0.383 e. The van der Waals surface area contributed by atoms with Gasteiger partial charge in [-0.1, -0.05) is 0 Å². The van der Waals surface area contributed by atoms with E-state index in [2.05, 4.69) is 0 Å². The maximum atomic E-state index is 11.4. The topological polar surface area (TPSA) is 38.8 Å². The predicted molar refractivity (Wildman–Crippen MR) is 48.4 cm³/mol. The molecular formula is C9H15NO3. The van der Waals surface area contributed by atoms with Crippen molar-refractivity contribution in [3.8, 4) is 0 Å². The average Bonchev–Trinajstić information content (AvgIpc) is 2.15. The molecule has 1 aliphatic heterocycles. The lowest BCUT2D eigenvalue weighted by atomic mass is 10.2. The molecule has 1 heterocycles. The highest BCUT2D eigenvalue weighted by Gasteiger charge is 2.19. The molecule has 13 heavy (non-hydrogen) atoms. The summed E-state index contributed by atoms with van der Waals surface area (Å²) in [6.07, 6.45) is 2.81. The van der Waals surface area contributed by atoms with Crippen LogP contribution in [0, 0.1) is 0 Å². The number of carbonyl (C=O) groups excluding carboxylic acids is 1. The third kappa shape index (κ3) is 3.57. The summed E-state index contributed by atoms with van der Waals surface area (Å²) in [7, 11) is 3.73. The second-order valence-electron chi connectivity index (χ2n) is 3.12. The first-order valence-electron chi connectivity index (χ1n) is 4.28. The van der Waals surface area contributed by atoms with Crippen molar-refractivity contribution in [2.75, 3.05) is 33.9 Å². The molecule has 0 saturated carbocycles. The summed E-state index contributed by atoms with van der Waals surface area (Å²) >= 11 is 0. The van der Waals surface area contributed by atoms with Gasteiger partial charge in [0.15, 0.2) is 5.78 Å². The van der Waals surface area contributed by atoms with Crippen molar-refractivity contribution < 1.29 is 14.3 Å². The molecule has 1 unspecified atom stereocenters. The highest BCUT2D eigenvalue weighted by Crippen LogP contribution is 2.02. The fraction of sp³-hybridized carbons (Fsp3) is 0.667. The van der Waals surface area contributed by atoms with Gasteiger partial charge in [0.05, 0.1) is 19.8 Å². The van der Waals surface area contributed by atoms with Gasteiger partial charge in [0.25, 0.3) is 0 Å². The van der Waals surface area contributed by atoms with Gasteiger partial charge in [0.1, 0.15) is 6.10 Å². The number of carbonyl (C=O) groups is 1. The molecule has 0 aliphatic carbocycles. The Morgan fingerprint density at radius 1 is 1.46 bits per heavy atom. The Labute approximate surface area is 78.1 Å². The monoisotopic (exact) mass is 185 g/mol. The molecule has 0 amide bonds. The maximum Gasteiger partial charge on any atom is 0.188 e. The van der Waals surface area contributed by atoms with Gasteiger partial charge in [-0.2, -0.15) is 0 Å². The Kier molecular flexibility index (Phi) is 3.92. The summed E-state index contributed by atoms with van der Waals surface area (Å²) in [6, 6.07) is 0. The third-order valence-corrected chi connectivity index (χ3v) is 1.67. The van der Waals surface area contributed by atoms with Gasteiger partial charge >= 0.3 is 0 Å². The summed E-state index contributed by atoms with van der Waals surface area (Å²) in [5.74, 6) is -0.0339. The summed E-state index contributed by atoms with van der Waals surface area (Å²) in [6.45, 7) is 1.46. The van der Waals surface area contributed by atoms with Crippen molar-refractivity contribution in [3.05, 3.63) is 12.3 Å². The molecule has 1 rings (SSSR count). The molecule has 1 saturated heterocycles. The van der Waals surface area contributed by atoms with E-state index in [1.807, 2.05) is 19.0 Å². The van der Waals surface area contributed by atoms with Gasteiger partial charge in [-0.15, -0.1) is 0 Å². The van der Waals surface area contributed by atoms with Crippen LogP contribution in [0.25, 0.3) is 0 Å². The SMILES string of the molecule is CN(C)/C=C/C(=O)C1COCCO1. The van der Waals surface area contributed by atoms with Crippen LogP contribution in [-0.2, 0) is 14.3 Å². The molecule has 1 fully saturated rings. The number of hydrogen-bond acceptors (Lipinski definition) is 4. The van der Waals surface area contributed by atoms with Crippen LogP contribution in [0.15, 0.2) is 12.3 Å². The Hall–Kier alpha value is -0.870. The zero-order chi connectivity index (χ0) is 9.68. The molecule has 1 atom stereocenters. The summed E-state index contributed by atoms with van der Waals surface area (Å²) in [4.78, 5) is 13.2. The van der Waals surface area contributed by atoms with E-state index >= 15 is 0 Å². The van der Waals surface area contributed by atoms with Gasteiger partial charge in [-0.25, -0.2) is 0 Å². The van der Waals surface area contributed by atoms with Crippen molar-refractivity contribution in [1.29, 1.82) is 0 Å². The zero-order valence-electron chi connectivity index (χ0n) is 8.03. The number of nitrogens with zero attached hydrogens (tertiary/aromatic N) is 1. The predicted octanol–water partition coefficient (Wildman–Crippen LogP) is 0.0462. The van der Waals surface area contributed by atoms with E-state index in [1.54, 1.807) is 6.20 Å². The Morgan fingerprint density at radius 2 is 2.23 bits per heavy atom. The van der Waals surface area contributed by atoms with Crippen LogP contribution in [0.2, 0.25) is 0 Å². The fourth-order valence-electron chi connectivity index (χ4n) is 0.982. The minimum Gasteiger partial charge on any atom is -0.383 e. The minimum atomic E-state index is -0.412. The van der Waals surface area contributed by atoms with Crippen molar-refractivity contribution >= 4 is 5.78 Å². The molecule has 0 radical (unpaired) electrons. The molecule has 4 nitrogen and oxygen atoms in total. The minimum absolute atomic E-state index is 0.0339. The molecule has 4 heteroatoms. The average molecular weight is 185 g/mol. The summed E-state index contributed by atoms with van der Waals surface area (Å²) < 4.78 is 10.3. The quantitative estimate of drug-likeness (QED) is 0.582. The molecule has 0 aromatic rings. The van der Waals surface area contributed by atoms with E-state index < -0.39 is 6.10 Å². The number of ether oxygens (including phenoxy) is 2. The molecule has 1 aliphatic rings. The van der Waals surface area contributed by atoms with Gasteiger partial charge in [-0.05, 0) is 6.08 Å². The smallest absolute Gasteiger partial charge is 0.188 e. The lowest BCUT2D eigenvalue weighted by molar-refractivity contribution is -0.140. The van der Waals surface area contributed by atoms with Crippen LogP contribution in [0.1, 0.15) is 0 Å². The second kappa shape index (κ2) is 4.99. The first kappa shape index (κ1) is 10.2. The highest BCUT2D eigenvalue weighted by molar-refractivity contribution is 5.93. The Balaban J connectivity index is 2.37. The van der Waals surface area contributed by atoms with Gasteiger partial charge in [0.2, 0.25) is 0 Å². The molecule has 0 aromatic carbocycles. The second-order valence-corrected chi connectivity index (χ2v) is 3.12. The van der Waals surface area contributed by atoms with Crippen molar-refractivity contribution in [1.82, 2.24) is 4.90 Å².